The fourth-order valence-corrected chi connectivity index (χ4v) is 4.93. The number of rotatable bonds is 6. The SMILES string of the molecule is CCN1CCN(C(=O)c2ccc(N(CC)S(=O)(=O)c3ccccc3)cc2)CC1. The lowest BCUT2D eigenvalue weighted by molar-refractivity contribution is 0.0643. The fraction of sp³-hybridized carbons (Fsp3) is 0.381. The molecule has 0 unspecified atom stereocenters. The van der Waals surface area contributed by atoms with Crippen LogP contribution in [0.4, 0.5) is 5.69 Å². The summed E-state index contributed by atoms with van der Waals surface area (Å²) in [6, 6.07) is 15.2. The number of piperazine rings is 1. The van der Waals surface area contributed by atoms with E-state index in [1.165, 1.54) is 4.31 Å². The van der Waals surface area contributed by atoms with E-state index in [1.807, 2.05) is 4.90 Å². The summed E-state index contributed by atoms with van der Waals surface area (Å²) in [5, 5.41) is 0. The molecule has 0 atom stereocenters. The Kier molecular flexibility index (Phi) is 6.36. The predicted molar refractivity (Wildman–Crippen MR) is 111 cm³/mol. The molecular weight excluding hydrogens is 374 g/mol. The minimum atomic E-state index is -3.63. The predicted octanol–water partition coefficient (Wildman–Crippen LogP) is 2.68. The monoisotopic (exact) mass is 401 g/mol. The summed E-state index contributed by atoms with van der Waals surface area (Å²) < 4.78 is 27.2. The lowest BCUT2D eigenvalue weighted by atomic mass is 10.1. The van der Waals surface area contributed by atoms with Crippen LogP contribution >= 0.6 is 0 Å². The van der Waals surface area contributed by atoms with Crippen LogP contribution in [0.15, 0.2) is 59.5 Å². The summed E-state index contributed by atoms with van der Waals surface area (Å²) in [5.41, 5.74) is 1.14. The smallest absolute Gasteiger partial charge is 0.264 e. The van der Waals surface area contributed by atoms with Crippen molar-refractivity contribution >= 4 is 21.6 Å². The van der Waals surface area contributed by atoms with Gasteiger partial charge in [0, 0.05) is 38.3 Å². The van der Waals surface area contributed by atoms with Gasteiger partial charge in [-0.2, -0.15) is 0 Å². The first-order chi connectivity index (χ1) is 13.5. The highest BCUT2D eigenvalue weighted by Crippen LogP contribution is 2.24. The van der Waals surface area contributed by atoms with Crippen LogP contribution in [0, 0.1) is 0 Å². The fourth-order valence-electron chi connectivity index (χ4n) is 3.43. The molecule has 2 aromatic rings. The first kappa shape index (κ1) is 20.4. The standard InChI is InChI=1S/C21H27N3O3S/c1-3-22-14-16-23(17-15-22)21(25)18-10-12-19(13-11-18)24(4-2)28(26,27)20-8-6-5-7-9-20/h5-13H,3-4,14-17H2,1-2H3. The summed E-state index contributed by atoms with van der Waals surface area (Å²) >= 11 is 0. The Balaban J connectivity index is 1.77. The van der Waals surface area contributed by atoms with Crippen LogP contribution in [-0.4, -0.2) is 63.4 Å². The van der Waals surface area contributed by atoms with Gasteiger partial charge in [0.25, 0.3) is 15.9 Å². The Hall–Kier alpha value is -2.38. The van der Waals surface area contributed by atoms with E-state index in [0.717, 1.165) is 32.7 Å². The quantitative estimate of drug-likeness (QED) is 0.747. The molecule has 3 rings (SSSR count). The molecule has 1 aliphatic heterocycles. The van der Waals surface area contributed by atoms with Gasteiger partial charge in [0.2, 0.25) is 0 Å². The molecule has 7 heteroatoms. The number of anilines is 1. The molecule has 150 valence electrons. The van der Waals surface area contributed by atoms with E-state index in [4.69, 9.17) is 0 Å². The molecule has 0 radical (unpaired) electrons. The number of nitrogens with zero attached hydrogens (tertiary/aromatic N) is 3. The van der Waals surface area contributed by atoms with Crippen molar-refractivity contribution < 1.29 is 13.2 Å². The molecule has 6 nitrogen and oxygen atoms in total. The topological polar surface area (TPSA) is 60.9 Å². The first-order valence-electron chi connectivity index (χ1n) is 9.67. The average molecular weight is 402 g/mol. The van der Waals surface area contributed by atoms with Gasteiger partial charge in [0.15, 0.2) is 0 Å². The number of carbonyl (C=O) groups excluding carboxylic acids is 1. The third-order valence-electron chi connectivity index (χ3n) is 5.13. The molecular formula is C21H27N3O3S. The minimum Gasteiger partial charge on any atom is -0.336 e. The molecule has 0 spiro atoms. The molecule has 1 aliphatic rings. The molecule has 1 fully saturated rings. The summed E-state index contributed by atoms with van der Waals surface area (Å²) in [4.78, 5) is 17.2. The Morgan fingerprint density at radius 3 is 2.07 bits per heavy atom. The van der Waals surface area contributed by atoms with E-state index in [9.17, 15) is 13.2 Å². The van der Waals surface area contributed by atoms with Crippen molar-refractivity contribution in [3.63, 3.8) is 0 Å². The van der Waals surface area contributed by atoms with Crippen molar-refractivity contribution in [3.05, 3.63) is 60.2 Å². The number of hydrogen-bond acceptors (Lipinski definition) is 4. The third kappa shape index (κ3) is 4.20. The van der Waals surface area contributed by atoms with Gasteiger partial charge in [0.1, 0.15) is 0 Å². The van der Waals surface area contributed by atoms with Crippen LogP contribution in [0.25, 0.3) is 0 Å². The van der Waals surface area contributed by atoms with Gasteiger partial charge in [-0.3, -0.25) is 9.10 Å². The number of hydrogen-bond donors (Lipinski definition) is 0. The number of benzene rings is 2. The maximum absolute atomic E-state index is 12.9. The molecule has 2 aromatic carbocycles. The van der Waals surface area contributed by atoms with Crippen molar-refractivity contribution in [2.45, 2.75) is 18.7 Å². The van der Waals surface area contributed by atoms with E-state index in [1.54, 1.807) is 61.5 Å². The summed E-state index contributed by atoms with van der Waals surface area (Å²) in [6.07, 6.45) is 0. The average Bonchev–Trinajstić information content (AvgIpc) is 2.75. The minimum absolute atomic E-state index is 0.00346. The largest absolute Gasteiger partial charge is 0.336 e. The third-order valence-corrected chi connectivity index (χ3v) is 7.04. The molecule has 0 N–H and O–H groups in total. The zero-order valence-electron chi connectivity index (χ0n) is 16.4. The van der Waals surface area contributed by atoms with Gasteiger partial charge >= 0.3 is 0 Å². The van der Waals surface area contributed by atoms with Crippen LogP contribution in [0.1, 0.15) is 24.2 Å². The maximum atomic E-state index is 12.9. The highest BCUT2D eigenvalue weighted by Gasteiger charge is 2.25. The number of amides is 1. The lowest BCUT2D eigenvalue weighted by Crippen LogP contribution is -2.48. The Bertz CT molecular complexity index is 890. The Morgan fingerprint density at radius 2 is 1.54 bits per heavy atom. The zero-order chi connectivity index (χ0) is 20.1. The Morgan fingerprint density at radius 1 is 0.929 bits per heavy atom. The van der Waals surface area contributed by atoms with Crippen molar-refractivity contribution in [2.75, 3.05) is 43.6 Å². The van der Waals surface area contributed by atoms with E-state index in [-0.39, 0.29) is 10.8 Å². The second-order valence-electron chi connectivity index (χ2n) is 6.76. The van der Waals surface area contributed by atoms with Crippen LogP contribution in [0.2, 0.25) is 0 Å². The molecule has 0 bridgehead atoms. The summed E-state index contributed by atoms with van der Waals surface area (Å²) in [5.74, 6) is -0.00346. The number of likely N-dealkylation sites (N-methyl/N-ethyl adjacent to an activating group) is 1. The second kappa shape index (κ2) is 8.75. The first-order valence-corrected chi connectivity index (χ1v) is 11.1. The van der Waals surface area contributed by atoms with Crippen LogP contribution < -0.4 is 4.31 Å². The van der Waals surface area contributed by atoms with Crippen LogP contribution in [-0.2, 0) is 10.0 Å². The van der Waals surface area contributed by atoms with Crippen LogP contribution in [0.5, 0.6) is 0 Å². The zero-order valence-corrected chi connectivity index (χ0v) is 17.2. The van der Waals surface area contributed by atoms with E-state index in [2.05, 4.69) is 11.8 Å². The highest BCUT2D eigenvalue weighted by atomic mass is 32.2. The molecule has 28 heavy (non-hydrogen) atoms. The highest BCUT2D eigenvalue weighted by molar-refractivity contribution is 7.92. The second-order valence-corrected chi connectivity index (χ2v) is 8.62. The van der Waals surface area contributed by atoms with Gasteiger partial charge in [-0.1, -0.05) is 25.1 Å². The molecule has 0 aliphatic carbocycles. The van der Waals surface area contributed by atoms with E-state index < -0.39 is 10.0 Å². The molecule has 1 heterocycles. The van der Waals surface area contributed by atoms with Crippen molar-refractivity contribution in [1.82, 2.24) is 9.80 Å². The van der Waals surface area contributed by atoms with Gasteiger partial charge in [-0.05, 0) is 49.9 Å². The number of carbonyl (C=O) groups is 1. The molecule has 0 aromatic heterocycles. The molecule has 0 saturated carbocycles. The summed E-state index contributed by atoms with van der Waals surface area (Å²) in [6.45, 7) is 8.45. The van der Waals surface area contributed by atoms with E-state index in [0.29, 0.717) is 17.8 Å². The van der Waals surface area contributed by atoms with Crippen molar-refractivity contribution in [2.24, 2.45) is 0 Å². The van der Waals surface area contributed by atoms with Crippen molar-refractivity contribution in [3.8, 4) is 0 Å². The molecule has 1 amide bonds. The van der Waals surface area contributed by atoms with Gasteiger partial charge in [-0.25, -0.2) is 8.42 Å². The van der Waals surface area contributed by atoms with Gasteiger partial charge < -0.3 is 9.80 Å². The van der Waals surface area contributed by atoms with Crippen LogP contribution in [0.3, 0.4) is 0 Å². The van der Waals surface area contributed by atoms with Gasteiger partial charge in [-0.15, -0.1) is 0 Å². The van der Waals surface area contributed by atoms with E-state index >= 15 is 0 Å². The Labute approximate surface area is 167 Å². The maximum Gasteiger partial charge on any atom is 0.264 e. The lowest BCUT2D eigenvalue weighted by Gasteiger charge is -2.34. The molecule has 1 saturated heterocycles. The number of sulfonamides is 1. The van der Waals surface area contributed by atoms with Crippen molar-refractivity contribution in [1.29, 1.82) is 0 Å². The normalized spacial score (nSPS) is 15.4. The van der Waals surface area contributed by atoms with Gasteiger partial charge in [0.05, 0.1) is 10.6 Å². The summed E-state index contributed by atoms with van der Waals surface area (Å²) in [7, 11) is -3.63.